The highest BCUT2D eigenvalue weighted by Crippen LogP contribution is 2.33. The molecule has 0 bridgehead atoms. The largest absolute Gasteiger partial charge is 0.320 e. The molecule has 0 amide bonds. The van der Waals surface area contributed by atoms with Crippen LogP contribution in [-0.2, 0) is 0 Å². The highest BCUT2D eigenvalue weighted by molar-refractivity contribution is 9.10. The van der Waals surface area contributed by atoms with Crippen molar-refractivity contribution < 1.29 is 4.39 Å². The van der Waals surface area contributed by atoms with Gasteiger partial charge in [-0.2, -0.15) is 0 Å². The minimum absolute atomic E-state index is 0.315. The number of hydrogen-bond acceptors (Lipinski definition) is 1. The Hall–Kier alpha value is -1.42. The molecule has 0 fully saturated rings. The number of halogens is 3. The summed E-state index contributed by atoms with van der Waals surface area (Å²) in [6, 6.07) is 15.6. The van der Waals surface area contributed by atoms with Crippen molar-refractivity contribution in [3.05, 3.63) is 81.0 Å². The normalized spacial score (nSPS) is 12.6. The molecule has 21 heavy (non-hydrogen) atoms. The Balaban J connectivity index is 2.20. The molecule has 1 nitrogen and oxygen atoms in total. The summed E-state index contributed by atoms with van der Waals surface area (Å²) in [4.78, 5) is 0. The third-order valence-corrected chi connectivity index (χ3v) is 4.36. The van der Waals surface area contributed by atoms with Crippen LogP contribution < -0.4 is 5.73 Å². The van der Waals surface area contributed by atoms with Crippen LogP contribution in [0.1, 0.15) is 17.2 Å². The van der Waals surface area contributed by atoms with E-state index in [1.54, 1.807) is 18.2 Å². The summed E-state index contributed by atoms with van der Waals surface area (Å²) in [7, 11) is 0. The first kappa shape index (κ1) is 14.5. The van der Waals surface area contributed by atoms with Gasteiger partial charge in [-0.1, -0.05) is 57.9 Å². The summed E-state index contributed by atoms with van der Waals surface area (Å²) >= 11 is 9.57. The van der Waals surface area contributed by atoms with Crippen LogP contribution in [0.25, 0.3) is 10.8 Å². The van der Waals surface area contributed by atoms with Gasteiger partial charge >= 0.3 is 0 Å². The molecule has 0 spiro atoms. The van der Waals surface area contributed by atoms with Crippen LogP contribution in [0.3, 0.4) is 0 Å². The maximum Gasteiger partial charge on any atom is 0.128 e. The standard InChI is InChI=1S/C17H12BrClFN/c18-10-5-8-16(20)14(9-10)17(21)13-6-7-15(19)12-4-2-1-3-11(12)13/h1-9,17H,21H2. The molecule has 2 N–H and O–H groups in total. The molecule has 3 aromatic carbocycles. The zero-order chi connectivity index (χ0) is 15.0. The molecule has 4 heteroatoms. The topological polar surface area (TPSA) is 26.0 Å². The van der Waals surface area contributed by atoms with Crippen molar-refractivity contribution in [1.29, 1.82) is 0 Å². The lowest BCUT2D eigenvalue weighted by Gasteiger charge is -2.17. The molecule has 0 aliphatic carbocycles. The Morgan fingerprint density at radius 3 is 2.43 bits per heavy atom. The smallest absolute Gasteiger partial charge is 0.128 e. The second-order valence-electron chi connectivity index (χ2n) is 4.83. The van der Waals surface area contributed by atoms with E-state index < -0.39 is 6.04 Å². The van der Waals surface area contributed by atoms with Gasteiger partial charge in [-0.05, 0) is 35.2 Å². The van der Waals surface area contributed by atoms with Gasteiger partial charge in [0.2, 0.25) is 0 Å². The summed E-state index contributed by atoms with van der Waals surface area (Å²) in [5, 5.41) is 2.52. The van der Waals surface area contributed by atoms with Crippen LogP contribution in [-0.4, -0.2) is 0 Å². The van der Waals surface area contributed by atoms with Crippen LogP contribution in [0.5, 0.6) is 0 Å². The zero-order valence-electron chi connectivity index (χ0n) is 11.0. The molecule has 0 aromatic heterocycles. The SMILES string of the molecule is NC(c1cc(Br)ccc1F)c1ccc(Cl)c2ccccc12. The average Bonchev–Trinajstić information content (AvgIpc) is 2.50. The molecule has 0 aliphatic heterocycles. The number of rotatable bonds is 2. The van der Waals surface area contributed by atoms with E-state index in [4.69, 9.17) is 17.3 Å². The fourth-order valence-electron chi connectivity index (χ4n) is 2.48. The van der Waals surface area contributed by atoms with Crippen LogP contribution >= 0.6 is 27.5 Å². The summed E-state index contributed by atoms with van der Waals surface area (Å²) in [6.07, 6.45) is 0. The van der Waals surface area contributed by atoms with Gasteiger partial charge in [0.15, 0.2) is 0 Å². The first-order valence-corrected chi connectivity index (χ1v) is 7.62. The number of benzene rings is 3. The molecule has 3 aromatic rings. The molecule has 0 heterocycles. The van der Waals surface area contributed by atoms with Gasteiger partial charge in [-0.3, -0.25) is 0 Å². The lowest BCUT2D eigenvalue weighted by Crippen LogP contribution is -2.14. The Bertz CT molecular complexity index is 819. The van der Waals surface area contributed by atoms with Crippen molar-refractivity contribution in [1.82, 2.24) is 0 Å². The van der Waals surface area contributed by atoms with Crippen molar-refractivity contribution in [2.24, 2.45) is 5.73 Å². The highest BCUT2D eigenvalue weighted by atomic mass is 79.9. The summed E-state index contributed by atoms with van der Waals surface area (Å²) in [6.45, 7) is 0. The zero-order valence-corrected chi connectivity index (χ0v) is 13.3. The first-order chi connectivity index (χ1) is 10.1. The molecule has 106 valence electrons. The number of nitrogens with two attached hydrogens (primary N) is 1. The van der Waals surface area contributed by atoms with Crippen LogP contribution in [0.4, 0.5) is 4.39 Å². The average molecular weight is 365 g/mol. The van der Waals surface area contributed by atoms with Crippen molar-refractivity contribution in [3.63, 3.8) is 0 Å². The molecule has 3 rings (SSSR count). The van der Waals surface area contributed by atoms with E-state index in [-0.39, 0.29) is 5.82 Å². The van der Waals surface area contributed by atoms with Crippen molar-refractivity contribution in [2.45, 2.75) is 6.04 Å². The Morgan fingerprint density at radius 1 is 0.952 bits per heavy atom. The molecule has 0 saturated carbocycles. The van der Waals surface area contributed by atoms with Crippen LogP contribution in [0.2, 0.25) is 5.02 Å². The van der Waals surface area contributed by atoms with E-state index in [0.29, 0.717) is 10.6 Å². The molecule has 0 saturated heterocycles. The van der Waals surface area contributed by atoms with Crippen LogP contribution in [0, 0.1) is 5.82 Å². The van der Waals surface area contributed by atoms with E-state index in [2.05, 4.69) is 15.9 Å². The summed E-state index contributed by atoms with van der Waals surface area (Å²) in [5.41, 5.74) is 7.61. The van der Waals surface area contributed by atoms with E-state index >= 15 is 0 Å². The molecule has 0 aliphatic rings. The minimum Gasteiger partial charge on any atom is -0.320 e. The summed E-state index contributed by atoms with van der Waals surface area (Å²) in [5.74, 6) is -0.315. The number of hydrogen-bond donors (Lipinski definition) is 1. The summed E-state index contributed by atoms with van der Waals surface area (Å²) < 4.78 is 14.9. The molecule has 0 radical (unpaired) electrons. The predicted molar refractivity (Wildman–Crippen MR) is 89.1 cm³/mol. The Kier molecular flexibility index (Phi) is 3.98. The second kappa shape index (κ2) is 5.76. The highest BCUT2D eigenvalue weighted by Gasteiger charge is 2.17. The Labute approximate surface area is 135 Å². The second-order valence-corrected chi connectivity index (χ2v) is 6.15. The van der Waals surface area contributed by atoms with E-state index in [1.807, 2.05) is 30.3 Å². The minimum atomic E-state index is -0.551. The maximum absolute atomic E-state index is 14.1. The van der Waals surface area contributed by atoms with Gasteiger partial charge in [0.25, 0.3) is 0 Å². The van der Waals surface area contributed by atoms with Crippen molar-refractivity contribution in [2.75, 3.05) is 0 Å². The van der Waals surface area contributed by atoms with Gasteiger partial charge in [-0.15, -0.1) is 0 Å². The molecular formula is C17H12BrClFN. The van der Waals surface area contributed by atoms with Crippen molar-refractivity contribution in [3.8, 4) is 0 Å². The van der Waals surface area contributed by atoms with Crippen molar-refractivity contribution >= 4 is 38.3 Å². The predicted octanol–water partition coefficient (Wildman–Crippen LogP) is 5.44. The lowest BCUT2D eigenvalue weighted by atomic mass is 9.94. The van der Waals surface area contributed by atoms with Gasteiger partial charge in [0.1, 0.15) is 5.82 Å². The monoisotopic (exact) mass is 363 g/mol. The molecule has 1 unspecified atom stereocenters. The van der Waals surface area contributed by atoms with E-state index in [9.17, 15) is 4.39 Å². The van der Waals surface area contributed by atoms with Gasteiger partial charge in [0.05, 0.1) is 6.04 Å². The molecular weight excluding hydrogens is 353 g/mol. The fourth-order valence-corrected chi connectivity index (χ4v) is 3.08. The van der Waals surface area contributed by atoms with Gasteiger partial charge < -0.3 is 5.73 Å². The third kappa shape index (κ3) is 2.69. The Morgan fingerprint density at radius 2 is 1.67 bits per heavy atom. The molecule has 1 atom stereocenters. The number of fused-ring (bicyclic) bond motifs is 1. The van der Waals surface area contributed by atoms with E-state index in [1.165, 1.54) is 6.07 Å². The maximum atomic E-state index is 14.1. The van der Waals surface area contributed by atoms with Gasteiger partial charge in [-0.25, -0.2) is 4.39 Å². The lowest BCUT2D eigenvalue weighted by molar-refractivity contribution is 0.600. The quantitative estimate of drug-likeness (QED) is 0.643. The third-order valence-electron chi connectivity index (χ3n) is 3.53. The van der Waals surface area contributed by atoms with Gasteiger partial charge in [0, 0.05) is 20.4 Å². The first-order valence-electron chi connectivity index (χ1n) is 6.45. The van der Waals surface area contributed by atoms with Crippen LogP contribution in [0.15, 0.2) is 59.1 Å². The van der Waals surface area contributed by atoms with E-state index in [0.717, 1.165) is 20.8 Å². The fraction of sp³-hybridized carbons (Fsp3) is 0.0588.